The van der Waals surface area contributed by atoms with E-state index in [1.807, 2.05) is 12.3 Å². The molecule has 2 aromatic heterocycles. The first-order valence-electron chi connectivity index (χ1n) is 3.80. The second-order valence-electron chi connectivity index (χ2n) is 2.59. The largest absolute Gasteiger partial charge is 0.346 e. The molecular weight excluding hydrogens is 392 g/mol. The second-order valence-corrected chi connectivity index (χ2v) is 4.12. The van der Waals surface area contributed by atoms with Crippen LogP contribution in [-0.4, -0.2) is 15.0 Å². The van der Waals surface area contributed by atoms with Crippen LogP contribution in [0.5, 0.6) is 0 Å². The van der Waals surface area contributed by atoms with Crippen LogP contribution in [0.15, 0.2) is 12.3 Å². The van der Waals surface area contributed by atoms with E-state index < -0.39 is 0 Å². The van der Waals surface area contributed by atoms with E-state index in [0.717, 1.165) is 31.4 Å². The van der Waals surface area contributed by atoms with Crippen LogP contribution in [0.25, 0.3) is 11.0 Å². The molecule has 2 aromatic rings. The van der Waals surface area contributed by atoms with Crippen LogP contribution in [0, 0.1) is 0 Å². The zero-order valence-corrected chi connectivity index (χ0v) is 11.0. The van der Waals surface area contributed by atoms with Crippen molar-refractivity contribution >= 4 is 56.2 Å². The summed E-state index contributed by atoms with van der Waals surface area (Å²) in [5.74, 6) is 0.905. The molecule has 2 heterocycles. The van der Waals surface area contributed by atoms with Gasteiger partial charge >= 0.3 is 0 Å². The molecule has 0 bridgehead atoms. The van der Waals surface area contributed by atoms with E-state index in [1.165, 1.54) is 0 Å². The van der Waals surface area contributed by atoms with Crippen molar-refractivity contribution in [1.82, 2.24) is 15.0 Å². The number of H-pyrrole nitrogens is 1. The average Bonchev–Trinajstić information content (AvgIpc) is 2.63. The first-order chi connectivity index (χ1) is 6.35. The summed E-state index contributed by atoms with van der Waals surface area (Å²) in [6, 6.07) is 2.03. The van der Waals surface area contributed by atoms with Gasteiger partial charge < -0.3 is 4.98 Å². The van der Waals surface area contributed by atoms with Crippen molar-refractivity contribution in [2.24, 2.45) is 0 Å². The SMILES string of the molecule is ICc1nc(CI)c2cc[nH]c2n1. The van der Waals surface area contributed by atoms with Gasteiger partial charge in [-0.2, -0.15) is 0 Å². The zero-order chi connectivity index (χ0) is 9.26. The maximum Gasteiger partial charge on any atom is 0.141 e. The highest BCUT2D eigenvalue weighted by Gasteiger charge is 2.05. The molecule has 0 radical (unpaired) electrons. The van der Waals surface area contributed by atoms with Crippen LogP contribution in [0.4, 0.5) is 0 Å². The lowest BCUT2D eigenvalue weighted by molar-refractivity contribution is 1.03. The first-order valence-corrected chi connectivity index (χ1v) is 6.85. The number of rotatable bonds is 2. The third-order valence-corrected chi connectivity index (χ3v) is 3.19. The van der Waals surface area contributed by atoms with Gasteiger partial charge in [0.1, 0.15) is 11.5 Å². The Morgan fingerprint density at radius 1 is 1.23 bits per heavy atom. The van der Waals surface area contributed by atoms with Gasteiger partial charge in [-0.05, 0) is 6.07 Å². The third-order valence-electron chi connectivity index (χ3n) is 1.79. The maximum absolute atomic E-state index is 4.46. The molecule has 68 valence electrons. The van der Waals surface area contributed by atoms with Crippen LogP contribution in [0.2, 0.25) is 0 Å². The van der Waals surface area contributed by atoms with Gasteiger partial charge in [0.05, 0.1) is 10.1 Å². The van der Waals surface area contributed by atoms with Crippen LogP contribution >= 0.6 is 45.2 Å². The number of alkyl halides is 2. The molecular formula is C8H7I2N3. The van der Waals surface area contributed by atoms with E-state index in [9.17, 15) is 0 Å². The van der Waals surface area contributed by atoms with Crippen molar-refractivity contribution < 1.29 is 0 Å². The normalized spacial score (nSPS) is 10.9. The molecule has 0 spiro atoms. The molecule has 0 unspecified atom stereocenters. The number of fused-ring (bicyclic) bond motifs is 1. The highest BCUT2D eigenvalue weighted by molar-refractivity contribution is 14.1. The minimum Gasteiger partial charge on any atom is -0.346 e. The highest BCUT2D eigenvalue weighted by atomic mass is 127. The number of hydrogen-bond acceptors (Lipinski definition) is 2. The fourth-order valence-electron chi connectivity index (χ4n) is 1.22. The van der Waals surface area contributed by atoms with Gasteiger partial charge in [-0.3, -0.25) is 0 Å². The average molecular weight is 399 g/mol. The molecule has 0 fully saturated rings. The Morgan fingerprint density at radius 2 is 2.08 bits per heavy atom. The van der Waals surface area contributed by atoms with Crippen LogP contribution in [-0.2, 0) is 8.86 Å². The Labute approximate surface area is 103 Å². The van der Waals surface area contributed by atoms with Gasteiger partial charge in [-0.1, -0.05) is 45.2 Å². The van der Waals surface area contributed by atoms with E-state index in [0.29, 0.717) is 0 Å². The molecule has 13 heavy (non-hydrogen) atoms. The summed E-state index contributed by atoms with van der Waals surface area (Å²) in [4.78, 5) is 12.0. The quantitative estimate of drug-likeness (QED) is 0.624. The predicted octanol–water partition coefficient (Wildman–Crippen LogP) is 2.83. The van der Waals surface area contributed by atoms with Crippen molar-refractivity contribution in [3.8, 4) is 0 Å². The van der Waals surface area contributed by atoms with Crippen molar-refractivity contribution in [3.63, 3.8) is 0 Å². The van der Waals surface area contributed by atoms with Crippen molar-refractivity contribution in [2.45, 2.75) is 8.86 Å². The molecule has 0 saturated heterocycles. The molecule has 0 aliphatic rings. The maximum atomic E-state index is 4.46. The number of halogens is 2. The number of aromatic amines is 1. The summed E-state index contributed by atoms with van der Waals surface area (Å²) in [5.41, 5.74) is 2.08. The zero-order valence-electron chi connectivity index (χ0n) is 6.72. The van der Waals surface area contributed by atoms with E-state index in [4.69, 9.17) is 0 Å². The number of hydrogen-bond donors (Lipinski definition) is 1. The summed E-state index contributed by atoms with van der Waals surface area (Å²) in [7, 11) is 0. The molecule has 2 rings (SSSR count). The monoisotopic (exact) mass is 399 g/mol. The highest BCUT2D eigenvalue weighted by Crippen LogP contribution is 2.17. The molecule has 0 aromatic carbocycles. The summed E-state index contributed by atoms with van der Waals surface area (Å²) in [5, 5.41) is 1.14. The van der Waals surface area contributed by atoms with Gasteiger partial charge in [0.2, 0.25) is 0 Å². The molecule has 0 atom stereocenters. The Bertz CT molecular complexity index is 424. The van der Waals surface area contributed by atoms with Crippen LogP contribution < -0.4 is 0 Å². The molecule has 0 amide bonds. The fourth-order valence-corrected chi connectivity index (χ4v) is 2.14. The van der Waals surface area contributed by atoms with Crippen LogP contribution in [0.1, 0.15) is 11.5 Å². The van der Waals surface area contributed by atoms with Gasteiger partial charge in [0.25, 0.3) is 0 Å². The number of nitrogens with zero attached hydrogens (tertiary/aromatic N) is 2. The second kappa shape index (κ2) is 4.07. The molecule has 0 aliphatic heterocycles. The smallest absolute Gasteiger partial charge is 0.141 e. The molecule has 0 aliphatic carbocycles. The lowest BCUT2D eigenvalue weighted by atomic mass is 10.3. The molecule has 0 saturated carbocycles. The topological polar surface area (TPSA) is 41.6 Å². The summed E-state index contributed by atoms with van der Waals surface area (Å²) in [6.07, 6.45) is 1.91. The van der Waals surface area contributed by atoms with E-state index in [1.54, 1.807) is 0 Å². The molecule has 1 N–H and O–H groups in total. The minimum atomic E-state index is 0.857. The fraction of sp³-hybridized carbons (Fsp3) is 0.250. The predicted molar refractivity (Wildman–Crippen MR) is 69.3 cm³/mol. The number of aromatic nitrogens is 3. The standard InChI is InChI=1S/C8H7I2N3/c9-3-6-5-1-2-11-8(5)13-7(4-10)12-6/h1-2H,3-4H2,(H,11,12,13). The third kappa shape index (κ3) is 1.80. The minimum absolute atomic E-state index is 0.857. The molecule has 3 nitrogen and oxygen atoms in total. The van der Waals surface area contributed by atoms with E-state index >= 15 is 0 Å². The first kappa shape index (κ1) is 9.63. The lowest BCUT2D eigenvalue weighted by Crippen LogP contribution is -1.96. The van der Waals surface area contributed by atoms with Crippen molar-refractivity contribution in [2.75, 3.05) is 0 Å². The summed E-state index contributed by atoms with van der Waals surface area (Å²) < 4.78 is 1.79. The van der Waals surface area contributed by atoms with Crippen molar-refractivity contribution in [3.05, 3.63) is 23.8 Å². The lowest BCUT2D eigenvalue weighted by Gasteiger charge is -2.00. The van der Waals surface area contributed by atoms with Gasteiger partial charge in [-0.25, -0.2) is 9.97 Å². The number of nitrogens with one attached hydrogen (secondary N) is 1. The Balaban J connectivity index is 2.70. The van der Waals surface area contributed by atoms with Crippen LogP contribution in [0.3, 0.4) is 0 Å². The Hall–Kier alpha value is 0.0800. The molecule has 5 heteroatoms. The van der Waals surface area contributed by atoms with Gasteiger partial charge in [-0.15, -0.1) is 0 Å². The van der Waals surface area contributed by atoms with Gasteiger partial charge in [0.15, 0.2) is 0 Å². The Morgan fingerprint density at radius 3 is 2.77 bits per heavy atom. The summed E-state index contributed by atoms with van der Waals surface area (Å²) >= 11 is 4.60. The van der Waals surface area contributed by atoms with Gasteiger partial charge in [0, 0.05) is 16.0 Å². The summed E-state index contributed by atoms with van der Waals surface area (Å²) in [6.45, 7) is 0. The van der Waals surface area contributed by atoms with E-state index in [-0.39, 0.29) is 0 Å². The Kier molecular flexibility index (Phi) is 3.02. The van der Waals surface area contributed by atoms with Crippen molar-refractivity contribution in [1.29, 1.82) is 0 Å². The van der Waals surface area contributed by atoms with E-state index in [2.05, 4.69) is 60.1 Å².